The zero-order chi connectivity index (χ0) is 16.4. The van der Waals surface area contributed by atoms with E-state index in [9.17, 15) is 4.79 Å². The fourth-order valence-corrected chi connectivity index (χ4v) is 3.12. The third-order valence-electron chi connectivity index (χ3n) is 4.37. The Kier molecular flexibility index (Phi) is 3.82. The highest BCUT2D eigenvalue weighted by atomic mass is 16.1. The number of rotatable bonds is 4. The Morgan fingerprint density at radius 2 is 2.08 bits per heavy atom. The summed E-state index contributed by atoms with van der Waals surface area (Å²) in [5.41, 5.74) is 1.60. The maximum Gasteiger partial charge on any atom is 0.264 e. The minimum absolute atomic E-state index is 0.148. The van der Waals surface area contributed by atoms with E-state index in [4.69, 9.17) is 0 Å². The van der Waals surface area contributed by atoms with E-state index in [0.717, 1.165) is 11.5 Å². The monoisotopic (exact) mass is 322 g/mol. The number of anilines is 1. The smallest absolute Gasteiger partial charge is 0.264 e. The zero-order valence-corrected chi connectivity index (χ0v) is 13.1. The van der Waals surface area contributed by atoms with Crippen LogP contribution in [0.25, 0.3) is 16.9 Å². The highest BCUT2D eigenvalue weighted by Crippen LogP contribution is 2.21. The Hall–Kier alpha value is -2.96. The van der Waals surface area contributed by atoms with E-state index in [2.05, 4.69) is 25.7 Å². The second-order valence-corrected chi connectivity index (χ2v) is 5.98. The molecular weight excluding hydrogens is 304 g/mol. The number of hydrogen-bond acceptors (Lipinski definition) is 5. The predicted molar refractivity (Wildman–Crippen MR) is 91.1 cm³/mol. The first-order valence-corrected chi connectivity index (χ1v) is 8.13. The first-order chi connectivity index (χ1) is 11.8. The normalized spacial score (nSPS) is 14.8. The summed E-state index contributed by atoms with van der Waals surface area (Å²) in [6, 6.07) is 7.89. The maximum atomic E-state index is 12.7. The summed E-state index contributed by atoms with van der Waals surface area (Å²) in [6.45, 7) is 0. The summed E-state index contributed by atoms with van der Waals surface area (Å²) in [7, 11) is 0. The summed E-state index contributed by atoms with van der Waals surface area (Å²) in [4.78, 5) is 17.1. The molecule has 0 aliphatic heterocycles. The van der Waals surface area contributed by atoms with Crippen molar-refractivity contribution >= 4 is 5.82 Å². The van der Waals surface area contributed by atoms with Crippen molar-refractivity contribution in [1.29, 1.82) is 0 Å². The van der Waals surface area contributed by atoms with Gasteiger partial charge in [-0.15, -0.1) is 5.10 Å². The fourth-order valence-electron chi connectivity index (χ4n) is 3.12. The SMILES string of the molecule is O=c1c(-c2c[nH]nn2)cccn1-c1ccc(NC2CCCC2)nc1. The van der Waals surface area contributed by atoms with Gasteiger partial charge in [0.05, 0.1) is 23.6 Å². The molecule has 4 rings (SSSR count). The van der Waals surface area contributed by atoms with E-state index >= 15 is 0 Å². The molecule has 1 aliphatic rings. The Balaban J connectivity index is 1.62. The van der Waals surface area contributed by atoms with Crippen LogP contribution < -0.4 is 10.9 Å². The molecule has 1 saturated carbocycles. The summed E-state index contributed by atoms with van der Waals surface area (Å²) in [6.07, 6.45) is 10.00. The van der Waals surface area contributed by atoms with Crippen molar-refractivity contribution in [3.8, 4) is 16.9 Å². The average Bonchev–Trinajstić information content (AvgIpc) is 3.30. The predicted octanol–water partition coefficient (Wildman–Crippen LogP) is 2.37. The van der Waals surface area contributed by atoms with Crippen LogP contribution in [-0.4, -0.2) is 31.0 Å². The highest BCUT2D eigenvalue weighted by molar-refractivity contribution is 5.57. The quantitative estimate of drug-likeness (QED) is 0.770. The fraction of sp³-hybridized carbons (Fsp3) is 0.294. The van der Waals surface area contributed by atoms with Gasteiger partial charge in [-0.2, -0.15) is 0 Å². The van der Waals surface area contributed by atoms with Crippen LogP contribution in [0.1, 0.15) is 25.7 Å². The molecule has 0 spiro atoms. The number of pyridine rings is 2. The van der Waals surface area contributed by atoms with Gasteiger partial charge < -0.3 is 5.32 Å². The number of aromatic amines is 1. The van der Waals surface area contributed by atoms with Gasteiger partial charge in [0.2, 0.25) is 0 Å². The second-order valence-electron chi connectivity index (χ2n) is 5.98. The second kappa shape index (κ2) is 6.27. The lowest BCUT2D eigenvalue weighted by atomic mass is 10.2. The minimum Gasteiger partial charge on any atom is -0.367 e. The number of aromatic nitrogens is 5. The number of H-pyrrole nitrogens is 1. The van der Waals surface area contributed by atoms with E-state index in [0.29, 0.717) is 17.3 Å². The van der Waals surface area contributed by atoms with Crippen molar-refractivity contribution < 1.29 is 0 Å². The zero-order valence-electron chi connectivity index (χ0n) is 13.1. The summed E-state index contributed by atoms with van der Waals surface area (Å²) >= 11 is 0. The number of hydrogen-bond donors (Lipinski definition) is 2. The largest absolute Gasteiger partial charge is 0.367 e. The van der Waals surface area contributed by atoms with Crippen LogP contribution in [0.5, 0.6) is 0 Å². The molecule has 122 valence electrons. The van der Waals surface area contributed by atoms with Gasteiger partial charge in [0.1, 0.15) is 11.5 Å². The average molecular weight is 322 g/mol. The van der Waals surface area contributed by atoms with Crippen molar-refractivity contribution in [2.45, 2.75) is 31.7 Å². The lowest BCUT2D eigenvalue weighted by molar-refractivity contribution is 0.750. The molecule has 7 heteroatoms. The van der Waals surface area contributed by atoms with Crippen LogP contribution in [0.15, 0.2) is 47.7 Å². The van der Waals surface area contributed by atoms with Gasteiger partial charge in [-0.25, -0.2) is 4.98 Å². The van der Waals surface area contributed by atoms with Gasteiger partial charge in [0.15, 0.2) is 0 Å². The molecule has 24 heavy (non-hydrogen) atoms. The van der Waals surface area contributed by atoms with Gasteiger partial charge in [0.25, 0.3) is 5.56 Å². The molecule has 7 nitrogen and oxygen atoms in total. The molecule has 0 saturated heterocycles. The molecule has 0 bridgehead atoms. The summed E-state index contributed by atoms with van der Waals surface area (Å²) in [5.74, 6) is 0.853. The van der Waals surface area contributed by atoms with Crippen LogP contribution >= 0.6 is 0 Å². The highest BCUT2D eigenvalue weighted by Gasteiger charge is 2.15. The summed E-state index contributed by atoms with van der Waals surface area (Å²) in [5, 5.41) is 13.6. The third kappa shape index (κ3) is 2.80. The number of nitrogens with zero attached hydrogens (tertiary/aromatic N) is 4. The first kappa shape index (κ1) is 14.6. The van der Waals surface area contributed by atoms with E-state index in [1.165, 1.54) is 25.7 Å². The van der Waals surface area contributed by atoms with Gasteiger partial charge >= 0.3 is 0 Å². The molecule has 3 heterocycles. The van der Waals surface area contributed by atoms with Crippen LogP contribution in [0.2, 0.25) is 0 Å². The molecule has 0 radical (unpaired) electrons. The molecular formula is C17H18N6O. The van der Waals surface area contributed by atoms with Crippen molar-refractivity contribution in [2.24, 2.45) is 0 Å². The maximum absolute atomic E-state index is 12.7. The van der Waals surface area contributed by atoms with E-state index in [1.54, 1.807) is 29.2 Å². The van der Waals surface area contributed by atoms with Crippen LogP contribution in [-0.2, 0) is 0 Å². The van der Waals surface area contributed by atoms with Gasteiger partial charge in [-0.3, -0.25) is 14.5 Å². The summed E-state index contributed by atoms with van der Waals surface area (Å²) < 4.78 is 1.57. The third-order valence-corrected chi connectivity index (χ3v) is 4.37. The first-order valence-electron chi connectivity index (χ1n) is 8.13. The van der Waals surface area contributed by atoms with Crippen molar-refractivity contribution in [3.05, 3.63) is 53.2 Å². The molecule has 3 aromatic rings. The molecule has 0 atom stereocenters. The van der Waals surface area contributed by atoms with Crippen molar-refractivity contribution in [1.82, 2.24) is 25.0 Å². The van der Waals surface area contributed by atoms with E-state index < -0.39 is 0 Å². The molecule has 0 amide bonds. The Morgan fingerprint density at radius 1 is 1.21 bits per heavy atom. The topological polar surface area (TPSA) is 88.5 Å². The molecule has 0 aromatic carbocycles. The van der Waals surface area contributed by atoms with Crippen molar-refractivity contribution in [2.75, 3.05) is 5.32 Å². The lowest BCUT2D eigenvalue weighted by Gasteiger charge is -2.13. The van der Waals surface area contributed by atoms with Gasteiger partial charge in [-0.05, 0) is 37.1 Å². The van der Waals surface area contributed by atoms with Crippen molar-refractivity contribution in [3.63, 3.8) is 0 Å². The molecule has 2 N–H and O–H groups in total. The van der Waals surface area contributed by atoms with Crippen LogP contribution in [0.3, 0.4) is 0 Å². The van der Waals surface area contributed by atoms with E-state index in [1.807, 2.05) is 18.2 Å². The van der Waals surface area contributed by atoms with E-state index in [-0.39, 0.29) is 5.56 Å². The molecule has 1 fully saturated rings. The lowest BCUT2D eigenvalue weighted by Crippen LogP contribution is -2.20. The molecule has 3 aromatic heterocycles. The number of nitrogens with one attached hydrogen (secondary N) is 2. The minimum atomic E-state index is -0.148. The molecule has 1 aliphatic carbocycles. The van der Waals surface area contributed by atoms with Gasteiger partial charge in [0, 0.05) is 12.2 Å². The molecule has 0 unspecified atom stereocenters. The Morgan fingerprint density at radius 3 is 2.79 bits per heavy atom. The Bertz CT molecular complexity index is 863. The van der Waals surface area contributed by atoms with Crippen LogP contribution in [0.4, 0.5) is 5.82 Å². The standard InChI is InChI=1S/C17H18N6O/c24-17-14(15-11-19-22-21-15)6-3-9-23(17)13-7-8-16(18-10-13)20-12-4-1-2-5-12/h3,6-12H,1-2,4-5H2,(H,18,20)(H,19,21,22). The van der Waals surface area contributed by atoms with Crippen LogP contribution in [0, 0.1) is 0 Å². The van der Waals surface area contributed by atoms with Gasteiger partial charge in [-0.1, -0.05) is 18.1 Å². The Labute approximate surface area is 138 Å².